The molecule has 0 aromatic heterocycles. The molecule has 0 rings (SSSR count). The molecule has 0 aliphatic heterocycles. The Labute approximate surface area is 164 Å². The van der Waals surface area contributed by atoms with E-state index in [9.17, 15) is 0 Å². The minimum absolute atomic E-state index is 0. The zero-order valence-electron chi connectivity index (χ0n) is 10.9. The summed E-state index contributed by atoms with van der Waals surface area (Å²) in [4.78, 5) is 50.6. The van der Waals surface area contributed by atoms with Gasteiger partial charge in [0.2, 0.25) is 0 Å². The van der Waals surface area contributed by atoms with Crippen molar-refractivity contribution in [1.82, 2.24) is 0 Å². The second kappa shape index (κ2) is 37.1. The Morgan fingerprint density at radius 2 is 0.400 bits per heavy atom. The predicted molar refractivity (Wildman–Crippen MR) is 46.4 cm³/mol. The van der Waals surface area contributed by atoms with Crippen molar-refractivity contribution in [2.45, 2.75) is 0 Å². The number of rotatable bonds is 0. The van der Waals surface area contributed by atoms with Crippen LogP contribution in [0.15, 0.2) is 0 Å². The number of hydrogen-bond donors (Lipinski definition) is 10. The molecule has 0 saturated carbocycles. The predicted octanol–water partition coefficient (Wildman–Crippen LogP) is -2.52. The molecule has 0 saturated heterocycles. The zero-order chi connectivity index (χ0) is 21.5. The molecule has 24 nitrogen and oxygen atoms in total. The largest absolute Gasteiger partial charge is 0.472 e. The van der Waals surface area contributed by atoms with Crippen LogP contribution in [-0.2, 0) is 0 Å². The van der Waals surface area contributed by atoms with Crippen molar-refractivity contribution in [3.8, 4) is 0 Å². The van der Waals surface area contributed by atoms with Crippen molar-refractivity contribution in [2.75, 3.05) is 0 Å². The van der Waals surface area contributed by atoms with Crippen molar-refractivity contribution in [2.24, 2.45) is 0 Å². The van der Waals surface area contributed by atoms with Crippen LogP contribution in [0.25, 0.3) is 0 Å². The molecule has 10 N–H and O–H groups in total. The maximum absolute atomic E-state index is 8.47. The van der Waals surface area contributed by atoms with E-state index < -0.39 is 30.5 Å². The van der Waals surface area contributed by atoms with Crippen molar-refractivity contribution in [3.05, 3.63) is 39.9 Å². The van der Waals surface area contributed by atoms with Gasteiger partial charge in [0.05, 0.1) is 0 Å². The summed E-state index contributed by atoms with van der Waals surface area (Å²) in [6.45, 7) is 0. The van der Waals surface area contributed by atoms with Crippen LogP contribution < -0.4 is 0 Å². The van der Waals surface area contributed by atoms with Crippen molar-refractivity contribution in [3.63, 3.8) is 0 Å². The average molecular weight is 522 g/mol. The van der Waals surface area contributed by atoms with E-state index in [4.69, 9.17) is 91.9 Å². The van der Waals surface area contributed by atoms with Crippen LogP contribution in [0.3, 0.4) is 0 Å². The van der Waals surface area contributed by atoms with Crippen molar-refractivity contribution >= 4 is 0 Å². The summed E-state index contributed by atoms with van der Waals surface area (Å²) >= 11 is 0. The molecule has 0 atom stereocenters. The van der Waals surface area contributed by atoms with Crippen LogP contribution in [0.5, 0.6) is 0 Å². The zero-order valence-corrected chi connectivity index (χ0v) is 14.1. The molecule has 0 radical (unpaired) electrons. The van der Waals surface area contributed by atoms with E-state index in [1.54, 1.807) is 0 Å². The molecule has 0 fully saturated rings. The molecular weight excluding hydrogens is 512 g/mol. The third kappa shape index (κ3) is 606. The van der Waals surface area contributed by atoms with E-state index in [0.29, 0.717) is 0 Å². The third-order valence-corrected chi connectivity index (χ3v) is 0. The van der Waals surface area contributed by atoms with Gasteiger partial charge in [-0.15, -0.1) is 20.2 Å². The Balaban J connectivity index is -0.0000000309. The van der Waals surface area contributed by atoms with Gasteiger partial charge in [-0.1, -0.05) is 0 Å². The second-order valence-corrected chi connectivity index (χ2v) is 1.49. The number of nitrogens with zero attached hydrogens (tertiary/aromatic N) is 6. The quantitative estimate of drug-likeness (QED) is 0.116. The fraction of sp³-hybridized carbons (Fsp3) is 0. The van der Waals surface area contributed by atoms with E-state index >= 15 is 0 Å². The smallest absolute Gasteiger partial charge is 0.328 e. The SMILES string of the molecule is O=[N+](O)O.O=[N+](O)O.O=[N+](O)O.O=[N+](O)O.O=[N+]([O-])O.O=[N+]([O-])O.[Ce]. The summed E-state index contributed by atoms with van der Waals surface area (Å²) in [6, 6.07) is 0. The summed E-state index contributed by atoms with van der Waals surface area (Å²) in [5.41, 5.74) is 0. The van der Waals surface area contributed by atoms with Gasteiger partial charge in [0.15, 0.2) is 0 Å². The number of hydrogen-bond acceptors (Lipinski definition) is 8. The molecule has 25 heteroatoms. The van der Waals surface area contributed by atoms with Gasteiger partial charge in [0.25, 0.3) is 10.2 Å². The molecule has 0 heterocycles. The first kappa shape index (κ1) is 43.0. The molecule has 0 aliphatic rings. The summed E-state index contributed by atoms with van der Waals surface area (Å²) in [5.74, 6) is 0. The topological polar surface area (TPSA) is 369 Å². The molecular formula is H10CeN6O18+4. The first-order valence-corrected chi connectivity index (χ1v) is 3.46. The minimum atomic E-state index is -1.50. The van der Waals surface area contributed by atoms with Gasteiger partial charge >= 0.3 is 20.3 Å². The van der Waals surface area contributed by atoms with Crippen LogP contribution in [0.1, 0.15) is 0 Å². The first-order valence-electron chi connectivity index (χ1n) is 3.46. The van der Waals surface area contributed by atoms with Gasteiger partial charge in [0.1, 0.15) is 19.6 Å². The van der Waals surface area contributed by atoms with E-state index in [0.717, 1.165) is 0 Å². The normalized spacial score (nSPS) is 5.76. The van der Waals surface area contributed by atoms with Crippen LogP contribution in [-0.4, -0.2) is 82.6 Å². The standard InChI is InChI=1S/Ce.4H2NO3.2HNO3/c;6*2-1(3)4/h;4*(H2,2,3,4);2*(H,2,3,4)/q;4*+1;;. The molecule has 25 heavy (non-hydrogen) atoms. The summed E-state index contributed by atoms with van der Waals surface area (Å²) in [5, 5.41) is 77.4. The Morgan fingerprint density at radius 1 is 0.400 bits per heavy atom. The first-order chi connectivity index (χ1) is 10.4. The van der Waals surface area contributed by atoms with E-state index in [1.165, 1.54) is 0 Å². The van der Waals surface area contributed by atoms with Gasteiger partial charge in [-0.25, -0.2) is 41.7 Å². The Hall–Kier alpha value is -3.42. The van der Waals surface area contributed by atoms with E-state index in [2.05, 4.69) is 0 Å². The van der Waals surface area contributed by atoms with Gasteiger partial charge in [-0.05, 0) is 0 Å². The molecule has 0 aliphatic carbocycles. The molecule has 0 aromatic rings. The maximum atomic E-state index is 8.47. The monoisotopic (exact) mass is 522 g/mol. The van der Waals surface area contributed by atoms with Crippen LogP contribution in [0, 0.1) is 81.6 Å². The van der Waals surface area contributed by atoms with Gasteiger partial charge in [-0.3, -0.25) is 0 Å². The van der Waals surface area contributed by atoms with Gasteiger partial charge in [0, 0.05) is 41.7 Å². The second-order valence-electron chi connectivity index (χ2n) is 1.49. The summed E-state index contributed by atoms with van der Waals surface area (Å²) in [6.07, 6.45) is 0. The molecule has 0 spiro atoms. The fourth-order valence-electron chi connectivity index (χ4n) is 0. The summed E-state index contributed by atoms with van der Waals surface area (Å²) < 4.78 is 0. The van der Waals surface area contributed by atoms with Crippen LogP contribution in [0.4, 0.5) is 0 Å². The van der Waals surface area contributed by atoms with E-state index in [1.807, 2.05) is 0 Å². The fourth-order valence-corrected chi connectivity index (χ4v) is 0. The van der Waals surface area contributed by atoms with Crippen LogP contribution >= 0.6 is 0 Å². The molecule has 0 aromatic carbocycles. The molecule has 0 amide bonds. The molecule has 0 unspecified atom stereocenters. The maximum Gasteiger partial charge on any atom is 0.472 e. The Bertz CT molecular complexity index is 257. The average Bonchev–Trinajstić information content (AvgIpc) is 2.08. The third-order valence-electron chi connectivity index (χ3n) is 0. The molecule has 0 bridgehead atoms. The van der Waals surface area contributed by atoms with Crippen molar-refractivity contribution in [1.29, 1.82) is 0 Å². The molecule has 148 valence electrons. The minimum Gasteiger partial charge on any atom is -0.328 e. The Kier molecular flexibility index (Phi) is 63.8. The van der Waals surface area contributed by atoms with E-state index in [-0.39, 0.29) is 41.7 Å². The van der Waals surface area contributed by atoms with Crippen LogP contribution in [0.2, 0.25) is 0 Å². The van der Waals surface area contributed by atoms with Gasteiger partial charge in [-0.2, -0.15) is 0 Å². The Morgan fingerprint density at radius 3 is 0.400 bits per heavy atom. The summed E-state index contributed by atoms with van der Waals surface area (Å²) in [7, 11) is 0. The van der Waals surface area contributed by atoms with Gasteiger partial charge < -0.3 is 10.4 Å². The van der Waals surface area contributed by atoms with Crippen molar-refractivity contribution < 1.29 is 124 Å².